The van der Waals surface area contributed by atoms with E-state index in [0.29, 0.717) is 11.3 Å². The molecule has 31 heavy (non-hydrogen) atoms. The molecule has 0 saturated heterocycles. The molecule has 1 heterocycles. The van der Waals surface area contributed by atoms with Crippen LogP contribution in [0.1, 0.15) is 48.0 Å². The van der Waals surface area contributed by atoms with Crippen LogP contribution in [0.15, 0.2) is 64.6 Å². The van der Waals surface area contributed by atoms with E-state index in [1.165, 1.54) is 25.3 Å². The maximum absolute atomic E-state index is 12.7. The zero-order valence-electron chi connectivity index (χ0n) is 17.5. The zero-order valence-corrected chi connectivity index (χ0v) is 18.3. The maximum atomic E-state index is 12.7. The number of carbonyl (C=O) groups excluding carboxylic acids is 2. The summed E-state index contributed by atoms with van der Waals surface area (Å²) in [5.41, 5.74) is 2.28. The van der Waals surface area contributed by atoms with Gasteiger partial charge in [0.1, 0.15) is 5.04 Å². The van der Waals surface area contributed by atoms with Crippen LogP contribution in [0.2, 0.25) is 0 Å². The van der Waals surface area contributed by atoms with Crippen molar-refractivity contribution in [2.24, 2.45) is 9.98 Å². The zero-order chi connectivity index (χ0) is 21.7. The van der Waals surface area contributed by atoms with Gasteiger partial charge in [0.2, 0.25) is 5.91 Å². The van der Waals surface area contributed by atoms with E-state index in [4.69, 9.17) is 14.7 Å². The molecule has 0 aromatic heterocycles. The quantitative estimate of drug-likeness (QED) is 0.690. The summed E-state index contributed by atoms with van der Waals surface area (Å²) in [6, 6.07) is 16.8. The lowest BCUT2D eigenvalue weighted by atomic mass is 9.90. The van der Waals surface area contributed by atoms with E-state index < -0.39 is 5.97 Å². The van der Waals surface area contributed by atoms with Gasteiger partial charge in [0.05, 0.1) is 29.8 Å². The molecule has 1 spiro atoms. The van der Waals surface area contributed by atoms with Gasteiger partial charge in [0.15, 0.2) is 5.66 Å². The number of esters is 1. The number of aliphatic imine (C=N–C) groups is 2. The van der Waals surface area contributed by atoms with Gasteiger partial charge in [-0.15, -0.1) is 0 Å². The number of rotatable bonds is 5. The number of benzene rings is 2. The summed E-state index contributed by atoms with van der Waals surface area (Å²) in [5, 5.41) is 3.63. The number of hydrogen-bond donors (Lipinski definition) is 1. The van der Waals surface area contributed by atoms with Crippen molar-refractivity contribution in [3.05, 3.63) is 65.7 Å². The van der Waals surface area contributed by atoms with Crippen molar-refractivity contribution in [1.82, 2.24) is 0 Å². The summed E-state index contributed by atoms with van der Waals surface area (Å²) >= 11 is 1.39. The third kappa shape index (κ3) is 4.88. The summed E-state index contributed by atoms with van der Waals surface area (Å²) in [6.07, 6.45) is 5.37. The second-order valence-electron chi connectivity index (χ2n) is 7.66. The molecular weight excluding hydrogens is 410 g/mol. The standard InChI is InChI=1S/C24H25N3O3S/c1-30-23(29)18-12-6-7-13-19(18)25-20(28)16-31-22-21(17-10-4-2-5-11-17)26-24(27-22)14-8-3-9-15-24/h2,4-7,10-13H,3,8-9,14-16H2,1H3,(H,25,28). The van der Waals surface area contributed by atoms with Gasteiger partial charge in [-0.3, -0.25) is 9.79 Å². The number of methoxy groups -OCH3 is 1. The van der Waals surface area contributed by atoms with Crippen molar-refractivity contribution in [2.45, 2.75) is 37.8 Å². The molecule has 160 valence electrons. The highest BCUT2D eigenvalue weighted by Crippen LogP contribution is 2.38. The minimum atomic E-state index is -0.485. The van der Waals surface area contributed by atoms with Gasteiger partial charge in [0.25, 0.3) is 0 Å². The Kier molecular flexibility index (Phi) is 6.51. The molecule has 1 aliphatic carbocycles. The van der Waals surface area contributed by atoms with Gasteiger partial charge in [-0.1, -0.05) is 60.6 Å². The smallest absolute Gasteiger partial charge is 0.339 e. The monoisotopic (exact) mass is 435 g/mol. The molecule has 2 aromatic carbocycles. The molecule has 2 aromatic rings. The maximum Gasteiger partial charge on any atom is 0.339 e. The number of thioether (sulfide) groups is 1. The molecule has 4 rings (SSSR count). The molecule has 1 aliphatic heterocycles. The lowest BCUT2D eigenvalue weighted by Crippen LogP contribution is -2.25. The van der Waals surface area contributed by atoms with Crippen LogP contribution in [0.25, 0.3) is 0 Å². The van der Waals surface area contributed by atoms with Crippen LogP contribution in [0.3, 0.4) is 0 Å². The Labute approximate surface area is 186 Å². The molecule has 1 amide bonds. The fraction of sp³-hybridized carbons (Fsp3) is 0.333. The molecule has 1 N–H and O–H groups in total. The van der Waals surface area contributed by atoms with Gasteiger partial charge in [-0.05, 0) is 37.8 Å². The van der Waals surface area contributed by atoms with E-state index in [2.05, 4.69) is 5.32 Å². The molecule has 1 saturated carbocycles. The largest absolute Gasteiger partial charge is 0.465 e. The molecule has 2 aliphatic rings. The van der Waals surface area contributed by atoms with Crippen LogP contribution >= 0.6 is 11.8 Å². The van der Waals surface area contributed by atoms with Crippen molar-refractivity contribution < 1.29 is 14.3 Å². The predicted molar refractivity (Wildman–Crippen MR) is 125 cm³/mol. The number of hydrogen-bond acceptors (Lipinski definition) is 6. The summed E-state index contributed by atoms with van der Waals surface area (Å²) < 4.78 is 4.80. The topological polar surface area (TPSA) is 80.1 Å². The van der Waals surface area contributed by atoms with E-state index in [-0.39, 0.29) is 17.3 Å². The van der Waals surface area contributed by atoms with Crippen molar-refractivity contribution in [2.75, 3.05) is 18.2 Å². The Morgan fingerprint density at radius 2 is 1.71 bits per heavy atom. The Bertz CT molecular complexity index is 1030. The second-order valence-corrected chi connectivity index (χ2v) is 8.62. The average Bonchev–Trinajstić information content (AvgIpc) is 3.16. The number of ether oxygens (including phenoxy) is 1. The molecule has 6 nitrogen and oxygen atoms in total. The van der Waals surface area contributed by atoms with Crippen LogP contribution in [-0.4, -0.2) is 41.2 Å². The van der Waals surface area contributed by atoms with Crippen LogP contribution in [-0.2, 0) is 9.53 Å². The molecule has 0 radical (unpaired) electrons. The molecule has 0 unspecified atom stereocenters. The van der Waals surface area contributed by atoms with E-state index in [9.17, 15) is 9.59 Å². The molecule has 7 heteroatoms. The predicted octanol–water partition coefficient (Wildman–Crippen LogP) is 4.71. The minimum Gasteiger partial charge on any atom is -0.465 e. The number of nitrogens with one attached hydrogen (secondary N) is 1. The third-order valence-corrected chi connectivity index (χ3v) is 6.44. The molecule has 0 atom stereocenters. The number of nitrogens with zero attached hydrogens (tertiary/aromatic N) is 2. The lowest BCUT2D eigenvalue weighted by molar-refractivity contribution is -0.113. The Balaban J connectivity index is 1.49. The van der Waals surface area contributed by atoms with Gasteiger partial charge >= 0.3 is 5.97 Å². The summed E-state index contributed by atoms with van der Waals surface area (Å²) in [7, 11) is 1.32. The van der Waals surface area contributed by atoms with Gasteiger partial charge in [-0.25, -0.2) is 9.79 Å². The first-order valence-corrected chi connectivity index (χ1v) is 11.4. The van der Waals surface area contributed by atoms with Crippen molar-refractivity contribution in [3.63, 3.8) is 0 Å². The highest BCUT2D eigenvalue weighted by molar-refractivity contribution is 8.16. The summed E-state index contributed by atoms with van der Waals surface area (Å²) in [4.78, 5) is 34.6. The number of amides is 1. The van der Waals surface area contributed by atoms with Crippen LogP contribution in [0.5, 0.6) is 0 Å². The van der Waals surface area contributed by atoms with Crippen molar-refractivity contribution in [3.8, 4) is 0 Å². The molecule has 0 bridgehead atoms. The van der Waals surface area contributed by atoms with Crippen molar-refractivity contribution >= 4 is 40.1 Å². The van der Waals surface area contributed by atoms with Crippen LogP contribution < -0.4 is 5.32 Å². The molecular formula is C24H25N3O3S. The highest BCUT2D eigenvalue weighted by Gasteiger charge is 2.37. The summed E-state index contributed by atoms with van der Waals surface area (Å²) in [6.45, 7) is 0. The van der Waals surface area contributed by atoms with Crippen LogP contribution in [0.4, 0.5) is 5.69 Å². The third-order valence-electron chi connectivity index (χ3n) is 5.48. The Morgan fingerprint density at radius 3 is 2.45 bits per heavy atom. The first-order chi connectivity index (χ1) is 15.1. The van der Waals surface area contributed by atoms with E-state index in [1.807, 2.05) is 30.3 Å². The number of anilines is 1. The molecule has 1 fully saturated rings. The Morgan fingerprint density at radius 1 is 1.00 bits per heavy atom. The van der Waals surface area contributed by atoms with Crippen LogP contribution in [0, 0.1) is 0 Å². The SMILES string of the molecule is COC(=O)c1ccccc1NC(=O)CSC1=NC2(CCCCC2)N=C1c1ccccc1. The average molecular weight is 436 g/mol. The minimum absolute atomic E-state index is 0.177. The van der Waals surface area contributed by atoms with E-state index in [0.717, 1.165) is 42.0 Å². The van der Waals surface area contributed by atoms with E-state index in [1.54, 1.807) is 24.3 Å². The van der Waals surface area contributed by atoms with Gasteiger partial charge in [0, 0.05) is 5.56 Å². The van der Waals surface area contributed by atoms with Gasteiger partial charge in [-0.2, -0.15) is 0 Å². The number of carbonyl (C=O) groups is 2. The fourth-order valence-electron chi connectivity index (χ4n) is 3.95. The lowest BCUT2D eigenvalue weighted by Gasteiger charge is -2.27. The first-order valence-electron chi connectivity index (χ1n) is 10.5. The second kappa shape index (κ2) is 9.47. The van der Waals surface area contributed by atoms with Crippen molar-refractivity contribution in [1.29, 1.82) is 0 Å². The fourth-order valence-corrected chi connectivity index (χ4v) is 4.82. The number of para-hydroxylation sites is 1. The first kappa shape index (κ1) is 21.3. The Hall–Kier alpha value is -2.93. The normalized spacial score (nSPS) is 17.1. The van der Waals surface area contributed by atoms with Gasteiger partial charge < -0.3 is 10.1 Å². The van der Waals surface area contributed by atoms with E-state index >= 15 is 0 Å². The highest BCUT2D eigenvalue weighted by atomic mass is 32.2. The summed E-state index contributed by atoms with van der Waals surface area (Å²) in [5.74, 6) is -0.515.